The molecule has 10 heteroatoms. The summed E-state index contributed by atoms with van der Waals surface area (Å²) in [6, 6.07) is 20.5. The van der Waals surface area contributed by atoms with E-state index in [2.05, 4.69) is 22.2 Å². The molecule has 0 amide bonds. The van der Waals surface area contributed by atoms with Crippen LogP contribution in [0, 0.1) is 0 Å². The average molecular weight is 559 g/mol. The number of rotatable bonds is 5. The summed E-state index contributed by atoms with van der Waals surface area (Å²) in [6.07, 6.45) is -0.896. The number of para-hydroxylation sites is 2. The molecule has 3 aliphatic rings. The number of nitrogens with one attached hydrogen (secondary N) is 1. The number of anilines is 2. The van der Waals surface area contributed by atoms with Crippen LogP contribution in [0.2, 0.25) is 0 Å². The maximum atomic E-state index is 13.4. The van der Waals surface area contributed by atoms with E-state index in [0.29, 0.717) is 28.5 Å². The van der Waals surface area contributed by atoms with Crippen LogP contribution in [0.25, 0.3) is 28.1 Å². The van der Waals surface area contributed by atoms with Gasteiger partial charge in [-0.3, -0.25) is 4.99 Å². The van der Waals surface area contributed by atoms with Gasteiger partial charge >= 0.3 is 6.18 Å². The van der Waals surface area contributed by atoms with Crippen LogP contribution in [-0.4, -0.2) is 52.7 Å². The minimum atomic E-state index is -4.42. The van der Waals surface area contributed by atoms with Crippen molar-refractivity contribution in [1.29, 1.82) is 0 Å². The Hall–Kier alpha value is -4.44. The third-order valence-corrected chi connectivity index (χ3v) is 7.39. The van der Waals surface area contributed by atoms with Crippen molar-refractivity contribution in [3.8, 4) is 23.0 Å². The smallest absolute Gasteiger partial charge is 0.416 e. The zero-order chi connectivity index (χ0) is 28.6. The minimum absolute atomic E-state index is 0.132. The maximum absolute atomic E-state index is 13.4. The van der Waals surface area contributed by atoms with Gasteiger partial charge in [0.25, 0.3) is 0 Å². The van der Waals surface area contributed by atoms with E-state index >= 15 is 0 Å². The van der Waals surface area contributed by atoms with Crippen LogP contribution < -0.4 is 15.4 Å². The lowest BCUT2D eigenvalue weighted by atomic mass is 10.1. The lowest BCUT2D eigenvalue weighted by Gasteiger charge is -2.27. The molecule has 7 nitrogen and oxygen atoms in total. The van der Waals surface area contributed by atoms with Gasteiger partial charge in [-0.25, -0.2) is 9.97 Å². The fourth-order valence-corrected chi connectivity index (χ4v) is 5.24. The van der Waals surface area contributed by atoms with Crippen molar-refractivity contribution < 1.29 is 17.9 Å². The Balaban J connectivity index is 1.59. The number of ether oxygens (including phenoxy) is 1. The first-order chi connectivity index (χ1) is 19.8. The van der Waals surface area contributed by atoms with Crippen LogP contribution in [0.4, 0.5) is 24.5 Å². The fraction of sp³-hybridized carbons (Fsp3) is 0.258. The molecule has 3 aromatic rings. The van der Waals surface area contributed by atoms with Gasteiger partial charge < -0.3 is 19.5 Å². The van der Waals surface area contributed by atoms with Gasteiger partial charge in [-0.05, 0) is 93.6 Å². The van der Waals surface area contributed by atoms with E-state index in [4.69, 9.17) is 14.7 Å². The molecule has 1 saturated heterocycles. The molecular weight excluding hydrogens is 529 g/mol. The molecule has 1 N–H and O–H groups in total. The highest BCUT2D eigenvalue weighted by Gasteiger charge is 2.30. The molecule has 1 aromatic heterocycles. The quantitative estimate of drug-likeness (QED) is 0.257. The van der Waals surface area contributed by atoms with Crippen LogP contribution in [0.5, 0.6) is 5.88 Å². The number of pyridine rings is 1. The Labute approximate surface area is 235 Å². The molecule has 3 heterocycles. The molecule has 41 heavy (non-hydrogen) atoms. The third kappa shape index (κ3) is 5.47. The van der Waals surface area contributed by atoms with Crippen LogP contribution in [0.1, 0.15) is 18.4 Å². The molecule has 0 atom stereocenters. The highest BCUT2D eigenvalue weighted by Crippen LogP contribution is 2.34. The van der Waals surface area contributed by atoms with Gasteiger partial charge in [-0.15, -0.1) is 0 Å². The molecule has 0 unspecified atom stereocenters. The van der Waals surface area contributed by atoms with Crippen molar-refractivity contribution >= 4 is 22.4 Å². The second kappa shape index (κ2) is 10.9. The van der Waals surface area contributed by atoms with E-state index in [1.165, 1.54) is 12.1 Å². The molecule has 2 aromatic carbocycles. The molecule has 0 saturated carbocycles. The molecule has 6 rings (SSSR count). The first-order valence-electron chi connectivity index (χ1n) is 13.4. The summed E-state index contributed by atoms with van der Waals surface area (Å²) >= 11 is 0. The van der Waals surface area contributed by atoms with E-state index in [-0.39, 0.29) is 6.04 Å². The molecule has 0 radical (unpaired) electrons. The van der Waals surface area contributed by atoms with Crippen LogP contribution >= 0.6 is 0 Å². The van der Waals surface area contributed by atoms with Crippen LogP contribution in [-0.2, 0) is 6.18 Å². The molecule has 0 bridgehead atoms. The Bertz CT molecular complexity index is 1720. The summed E-state index contributed by atoms with van der Waals surface area (Å²) in [6.45, 7) is 1.91. The number of alkyl halides is 3. The van der Waals surface area contributed by atoms with E-state index in [9.17, 15) is 13.2 Å². The number of hydrogen-bond donors (Lipinski definition) is 1. The van der Waals surface area contributed by atoms with Crippen molar-refractivity contribution in [3.63, 3.8) is 0 Å². The summed E-state index contributed by atoms with van der Waals surface area (Å²) in [5.74, 6) is 0.448. The molecule has 1 fully saturated rings. The number of halogens is 3. The zero-order valence-corrected chi connectivity index (χ0v) is 22.7. The number of aromatic nitrogens is 3. The Kier molecular flexibility index (Phi) is 7.08. The standard InChI is InChI=1S/C31H29F3N6O/c1-39-16-13-21(14-17-39)36-26-19-29-27(18-25(26)38-24-7-5-15-35-30(24)41-2)37-23-6-3-4-8-28(23)40(29)22-11-9-20(10-12-22)31(32,33)34/h3-12,15,18-19,21,38H,13-14,16-17H2,1-2H3/b36-26+. The number of nitrogens with zero attached hydrogens (tertiary/aromatic N) is 5. The second-order valence-electron chi connectivity index (χ2n) is 10.2. The van der Waals surface area contributed by atoms with Gasteiger partial charge in [0.15, 0.2) is 0 Å². The fourth-order valence-electron chi connectivity index (χ4n) is 5.24. The van der Waals surface area contributed by atoms with Crippen molar-refractivity contribution in [2.24, 2.45) is 4.99 Å². The Morgan fingerprint density at radius 3 is 2.44 bits per heavy atom. The van der Waals surface area contributed by atoms with Gasteiger partial charge in [-0.2, -0.15) is 13.2 Å². The summed E-state index contributed by atoms with van der Waals surface area (Å²) in [7, 11) is 3.68. The first-order valence-corrected chi connectivity index (χ1v) is 13.4. The van der Waals surface area contributed by atoms with E-state index in [1.807, 2.05) is 53.1 Å². The number of methoxy groups -OCH3 is 1. The Morgan fingerprint density at radius 1 is 0.951 bits per heavy atom. The SMILES string of the molecule is COc1ncccc1Nc1cc2nc3ccccc3n(-c3ccc(C(F)(F)F)cc3)c-2c/c1=N\C1CCN(C)CC1. The van der Waals surface area contributed by atoms with Crippen molar-refractivity contribution in [2.75, 3.05) is 32.6 Å². The predicted octanol–water partition coefficient (Wildman–Crippen LogP) is 6.29. The van der Waals surface area contributed by atoms with Gasteiger partial charge in [-0.1, -0.05) is 12.1 Å². The van der Waals surface area contributed by atoms with Crippen LogP contribution in [0.3, 0.4) is 0 Å². The third-order valence-electron chi connectivity index (χ3n) is 7.39. The number of piperidine rings is 1. The topological polar surface area (TPSA) is 67.6 Å². The maximum Gasteiger partial charge on any atom is 0.416 e. The normalized spacial score (nSPS) is 15.5. The van der Waals surface area contributed by atoms with Crippen molar-refractivity contribution in [2.45, 2.75) is 25.1 Å². The number of fused-ring (bicyclic) bond motifs is 2. The molecule has 1 aliphatic carbocycles. The summed E-state index contributed by atoms with van der Waals surface area (Å²) in [4.78, 5) is 16.7. The lowest BCUT2D eigenvalue weighted by Crippen LogP contribution is -2.33. The van der Waals surface area contributed by atoms with Crippen molar-refractivity contribution in [3.05, 3.63) is 89.9 Å². The van der Waals surface area contributed by atoms with E-state index in [1.54, 1.807) is 13.3 Å². The van der Waals surface area contributed by atoms with Crippen molar-refractivity contribution in [1.82, 2.24) is 19.4 Å². The van der Waals surface area contributed by atoms with Crippen LogP contribution in [0.15, 0.2) is 84.0 Å². The molecular formula is C31H29F3N6O. The van der Waals surface area contributed by atoms with E-state index in [0.717, 1.165) is 60.3 Å². The highest BCUT2D eigenvalue weighted by atomic mass is 19.4. The van der Waals surface area contributed by atoms with E-state index < -0.39 is 11.7 Å². The average Bonchev–Trinajstić information content (AvgIpc) is 2.97. The first kappa shape index (κ1) is 26.8. The zero-order valence-electron chi connectivity index (χ0n) is 22.7. The molecule has 2 aliphatic heterocycles. The summed E-state index contributed by atoms with van der Waals surface area (Å²) in [5, 5.41) is 4.18. The number of hydrogen-bond acceptors (Lipinski definition) is 6. The second-order valence-corrected chi connectivity index (χ2v) is 10.2. The van der Waals surface area contributed by atoms with Gasteiger partial charge in [0.05, 0.1) is 52.2 Å². The number of likely N-dealkylation sites (tertiary alicyclic amines) is 1. The largest absolute Gasteiger partial charge is 0.480 e. The van der Waals surface area contributed by atoms with Gasteiger partial charge in [0, 0.05) is 11.9 Å². The lowest BCUT2D eigenvalue weighted by molar-refractivity contribution is -0.137. The number of benzene rings is 3. The molecule has 210 valence electrons. The monoisotopic (exact) mass is 558 g/mol. The summed E-state index contributed by atoms with van der Waals surface area (Å²) in [5.41, 5.74) is 4.22. The molecule has 0 spiro atoms. The Morgan fingerprint density at radius 2 is 1.71 bits per heavy atom. The van der Waals surface area contributed by atoms with Gasteiger partial charge in [0.2, 0.25) is 5.88 Å². The summed E-state index contributed by atoms with van der Waals surface area (Å²) < 4.78 is 47.5. The highest BCUT2D eigenvalue weighted by molar-refractivity contribution is 5.84. The van der Waals surface area contributed by atoms with Gasteiger partial charge in [0.1, 0.15) is 5.69 Å². The predicted molar refractivity (Wildman–Crippen MR) is 153 cm³/mol. The minimum Gasteiger partial charge on any atom is -0.480 e.